The molecule has 0 aromatic carbocycles. The van der Waals surface area contributed by atoms with Gasteiger partial charge in [0.1, 0.15) is 0 Å². The highest BCUT2D eigenvalue weighted by Crippen LogP contribution is 2.23. The molecular weight excluding hydrogens is 192 g/mol. The monoisotopic (exact) mass is 216 g/mol. The van der Waals surface area contributed by atoms with Gasteiger partial charge in [0.2, 0.25) is 5.91 Å². The minimum absolute atomic E-state index is 0.0319. The van der Waals surface area contributed by atoms with E-state index in [4.69, 9.17) is 10.5 Å². The Morgan fingerprint density at radius 1 is 1.47 bits per heavy atom. The van der Waals surface area contributed by atoms with Crippen LogP contribution in [0, 0.1) is 11.3 Å². The van der Waals surface area contributed by atoms with Crippen LogP contribution in [0.5, 0.6) is 0 Å². The van der Waals surface area contributed by atoms with Gasteiger partial charge in [-0.3, -0.25) is 4.79 Å². The molecule has 4 nitrogen and oxygen atoms in total. The smallest absolute Gasteiger partial charge is 0.224 e. The molecule has 0 aromatic heterocycles. The SMILES string of the molecule is COCCNC(=O)C(CN)CC(C)(C)C. The van der Waals surface area contributed by atoms with Crippen molar-refractivity contribution in [1.82, 2.24) is 5.32 Å². The van der Waals surface area contributed by atoms with Gasteiger partial charge in [-0.1, -0.05) is 20.8 Å². The molecule has 0 saturated heterocycles. The molecule has 0 aliphatic heterocycles. The number of carbonyl (C=O) groups is 1. The summed E-state index contributed by atoms with van der Waals surface area (Å²) in [7, 11) is 1.61. The first-order chi connectivity index (χ1) is 6.90. The van der Waals surface area contributed by atoms with Gasteiger partial charge in [0.25, 0.3) is 0 Å². The number of ether oxygens (including phenoxy) is 1. The van der Waals surface area contributed by atoms with Crippen LogP contribution in [-0.2, 0) is 9.53 Å². The summed E-state index contributed by atoms with van der Waals surface area (Å²) in [5, 5.41) is 2.81. The van der Waals surface area contributed by atoms with Crippen molar-refractivity contribution in [2.75, 3.05) is 26.8 Å². The average Bonchev–Trinajstić information content (AvgIpc) is 2.13. The summed E-state index contributed by atoms with van der Waals surface area (Å²) in [6.45, 7) is 7.82. The number of carbonyl (C=O) groups excluding carboxylic acids is 1. The molecule has 0 fully saturated rings. The summed E-state index contributed by atoms with van der Waals surface area (Å²) in [6, 6.07) is 0. The first-order valence-corrected chi connectivity index (χ1v) is 5.37. The highest BCUT2D eigenvalue weighted by Gasteiger charge is 2.23. The van der Waals surface area contributed by atoms with E-state index in [-0.39, 0.29) is 17.2 Å². The lowest BCUT2D eigenvalue weighted by Crippen LogP contribution is -2.38. The molecule has 0 saturated carbocycles. The molecule has 0 aliphatic rings. The summed E-state index contributed by atoms with van der Waals surface area (Å²) in [4.78, 5) is 11.7. The number of hydrogen-bond donors (Lipinski definition) is 2. The van der Waals surface area contributed by atoms with Crippen LogP contribution in [0.25, 0.3) is 0 Å². The van der Waals surface area contributed by atoms with Crippen LogP contribution in [0.1, 0.15) is 27.2 Å². The Morgan fingerprint density at radius 3 is 2.47 bits per heavy atom. The molecule has 0 rings (SSSR count). The predicted molar refractivity (Wildman–Crippen MR) is 61.5 cm³/mol. The van der Waals surface area contributed by atoms with Gasteiger partial charge in [0.05, 0.1) is 12.5 Å². The van der Waals surface area contributed by atoms with Crippen LogP contribution >= 0.6 is 0 Å². The second-order valence-electron chi connectivity index (χ2n) is 4.98. The fourth-order valence-electron chi connectivity index (χ4n) is 1.44. The largest absolute Gasteiger partial charge is 0.383 e. The molecule has 90 valence electrons. The second kappa shape index (κ2) is 6.80. The van der Waals surface area contributed by atoms with Crippen LogP contribution in [0.4, 0.5) is 0 Å². The lowest BCUT2D eigenvalue weighted by atomic mass is 9.84. The first kappa shape index (κ1) is 14.4. The van der Waals surface area contributed by atoms with Gasteiger partial charge >= 0.3 is 0 Å². The van der Waals surface area contributed by atoms with E-state index in [0.717, 1.165) is 6.42 Å². The maximum absolute atomic E-state index is 11.7. The number of hydrogen-bond acceptors (Lipinski definition) is 3. The maximum Gasteiger partial charge on any atom is 0.224 e. The number of nitrogens with two attached hydrogens (primary N) is 1. The highest BCUT2D eigenvalue weighted by atomic mass is 16.5. The Hall–Kier alpha value is -0.610. The summed E-state index contributed by atoms with van der Waals surface area (Å²) in [5.74, 6) is -0.0636. The Kier molecular flexibility index (Phi) is 6.52. The van der Waals surface area contributed by atoms with E-state index in [0.29, 0.717) is 19.7 Å². The number of rotatable bonds is 6. The second-order valence-corrected chi connectivity index (χ2v) is 4.98. The third-order valence-corrected chi connectivity index (χ3v) is 2.12. The van der Waals surface area contributed by atoms with E-state index in [1.54, 1.807) is 7.11 Å². The molecule has 1 unspecified atom stereocenters. The van der Waals surface area contributed by atoms with Crippen molar-refractivity contribution in [3.63, 3.8) is 0 Å². The minimum atomic E-state index is -0.0955. The zero-order valence-corrected chi connectivity index (χ0v) is 10.3. The quantitative estimate of drug-likeness (QED) is 0.644. The van der Waals surface area contributed by atoms with Gasteiger partial charge in [-0.05, 0) is 11.8 Å². The van der Waals surface area contributed by atoms with Crippen LogP contribution in [0.2, 0.25) is 0 Å². The Bertz CT molecular complexity index is 188. The van der Waals surface area contributed by atoms with E-state index in [9.17, 15) is 4.79 Å². The standard InChI is InChI=1S/C11H24N2O2/c1-11(2,3)7-9(8-12)10(14)13-5-6-15-4/h9H,5-8,12H2,1-4H3,(H,13,14). The van der Waals surface area contributed by atoms with E-state index < -0.39 is 0 Å². The minimum Gasteiger partial charge on any atom is -0.383 e. The lowest BCUT2D eigenvalue weighted by molar-refractivity contribution is -0.125. The van der Waals surface area contributed by atoms with E-state index in [1.807, 2.05) is 0 Å². The van der Waals surface area contributed by atoms with Gasteiger partial charge in [0.15, 0.2) is 0 Å². The molecule has 0 radical (unpaired) electrons. The van der Waals surface area contributed by atoms with Crippen molar-refractivity contribution in [3.8, 4) is 0 Å². The van der Waals surface area contributed by atoms with Gasteiger partial charge in [-0.2, -0.15) is 0 Å². The Balaban J connectivity index is 4.00. The van der Waals surface area contributed by atoms with Crippen molar-refractivity contribution < 1.29 is 9.53 Å². The van der Waals surface area contributed by atoms with Crippen LogP contribution in [0.15, 0.2) is 0 Å². The van der Waals surface area contributed by atoms with Gasteiger partial charge in [-0.15, -0.1) is 0 Å². The van der Waals surface area contributed by atoms with Gasteiger partial charge in [0, 0.05) is 20.2 Å². The molecule has 4 heteroatoms. The molecule has 0 aromatic rings. The van der Waals surface area contributed by atoms with Gasteiger partial charge in [-0.25, -0.2) is 0 Å². The molecule has 15 heavy (non-hydrogen) atoms. The van der Waals surface area contributed by atoms with Gasteiger partial charge < -0.3 is 15.8 Å². The molecule has 0 spiro atoms. The fraction of sp³-hybridized carbons (Fsp3) is 0.909. The highest BCUT2D eigenvalue weighted by molar-refractivity contribution is 5.78. The molecule has 0 aliphatic carbocycles. The summed E-state index contributed by atoms with van der Waals surface area (Å²) in [6.07, 6.45) is 0.808. The molecule has 0 heterocycles. The molecular formula is C11H24N2O2. The molecule has 0 bridgehead atoms. The number of methoxy groups -OCH3 is 1. The third-order valence-electron chi connectivity index (χ3n) is 2.12. The average molecular weight is 216 g/mol. The zero-order valence-electron chi connectivity index (χ0n) is 10.3. The predicted octanol–water partition coefficient (Wildman–Crippen LogP) is 0.760. The normalized spacial score (nSPS) is 13.7. The van der Waals surface area contributed by atoms with Crippen LogP contribution in [0.3, 0.4) is 0 Å². The van der Waals surface area contributed by atoms with Crippen molar-refractivity contribution >= 4 is 5.91 Å². The van der Waals surface area contributed by atoms with Crippen molar-refractivity contribution in [2.45, 2.75) is 27.2 Å². The Morgan fingerprint density at radius 2 is 2.07 bits per heavy atom. The lowest BCUT2D eigenvalue weighted by Gasteiger charge is -2.24. The number of amides is 1. The summed E-state index contributed by atoms with van der Waals surface area (Å²) >= 11 is 0. The molecule has 1 amide bonds. The van der Waals surface area contributed by atoms with E-state index >= 15 is 0 Å². The fourth-order valence-corrected chi connectivity index (χ4v) is 1.44. The van der Waals surface area contributed by atoms with Crippen LogP contribution < -0.4 is 11.1 Å². The topological polar surface area (TPSA) is 64.3 Å². The zero-order chi connectivity index (χ0) is 11.9. The van der Waals surface area contributed by atoms with E-state index in [1.165, 1.54) is 0 Å². The first-order valence-electron chi connectivity index (χ1n) is 5.37. The molecule has 3 N–H and O–H groups in total. The van der Waals surface area contributed by atoms with Crippen molar-refractivity contribution in [3.05, 3.63) is 0 Å². The van der Waals surface area contributed by atoms with Crippen LogP contribution in [-0.4, -0.2) is 32.7 Å². The Labute approximate surface area is 92.6 Å². The van der Waals surface area contributed by atoms with Crippen molar-refractivity contribution in [2.24, 2.45) is 17.1 Å². The van der Waals surface area contributed by atoms with E-state index in [2.05, 4.69) is 26.1 Å². The molecule has 1 atom stereocenters. The summed E-state index contributed by atoms with van der Waals surface area (Å²) < 4.78 is 4.86. The number of nitrogens with one attached hydrogen (secondary N) is 1. The summed E-state index contributed by atoms with van der Waals surface area (Å²) in [5.41, 5.74) is 5.72. The third kappa shape index (κ3) is 7.33. The maximum atomic E-state index is 11.7. The van der Waals surface area contributed by atoms with Crippen molar-refractivity contribution in [1.29, 1.82) is 0 Å².